The van der Waals surface area contributed by atoms with Crippen molar-refractivity contribution >= 4 is 0 Å². The molecule has 2 rings (SSSR count). The molecule has 0 spiro atoms. The first-order valence-electron chi connectivity index (χ1n) is 6.31. The number of hydrogen-bond acceptors (Lipinski definition) is 4. The Balaban J connectivity index is 1.74. The molecule has 1 aromatic carbocycles. The molecule has 0 heterocycles. The number of aryl methyl sites for hydroxylation is 1. The Bertz CT molecular complexity index is 378. The van der Waals surface area contributed by atoms with E-state index in [9.17, 15) is 5.11 Å². The van der Waals surface area contributed by atoms with Crippen molar-refractivity contribution in [3.05, 3.63) is 29.3 Å². The third-order valence-electron chi connectivity index (χ3n) is 3.09. The molecule has 1 atom stereocenters. The van der Waals surface area contributed by atoms with Crippen molar-refractivity contribution < 1.29 is 19.3 Å². The maximum absolute atomic E-state index is 9.70. The highest BCUT2D eigenvalue weighted by Gasteiger charge is 2.20. The van der Waals surface area contributed by atoms with Crippen LogP contribution in [0.5, 0.6) is 5.75 Å². The lowest BCUT2D eigenvalue weighted by molar-refractivity contribution is 0.0544. The third kappa shape index (κ3) is 3.45. The van der Waals surface area contributed by atoms with E-state index in [0.717, 1.165) is 24.2 Å². The maximum Gasteiger partial charge on any atom is 0.119 e. The lowest BCUT2D eigenvalue weighted by Gasteiger charge is -2.09. The molecule has 1 aromatic rings. The summed E-state index contributed by atoms with van der Waals surface area (Å²) in [5.74, 6) is 0.846. The fourth-order valence-electron chi connectivity index (χ4n) is 2.12. The monoisotopic (exact) mass is 252 g/mol. The number of hydrogen-bond donors (Lipinski definition) is 1. The number of methoxy groups -OCH3 is 1. The van der Waals surface area contributed by atoms with Crippen LogP contribution >= 0.6 is 0 Å². The fraction of sp³-hybridized carbons (Fsp3) is 0.571. The molecule has 0 fully saturated rings. The van der Waals surface area contributed by atoms with Crippen LogP contribution < -0.4 is 4.74 Å². The zero-order valence-electron chi connectivity index (χ0n) is 10.7. The second-order valence-corrected chi connectivity index (χ2v) is 4.37. The molecular weight excluding hydrogens is 232 g/mol. The fourth-order valence-corrected chi connectivity index (χ4v) is 2.12. The minimum absolute atomic E-state index is 0.300. The van der Waals surface area contributed by atoms with Crippen molar-refractivity contribution in [2.75, 3.05) is 33.5 Å². The molecule has 1 aliphatic rings. The van der Waals surface area contributed by atoms with Gasteiger partial charge in [0, 0.05) is 7.11 Å². The van der Waals surface area contributed by atoms with Crippen molar-refractivity contribution in [3.63, 3.8) is 0 Å². The molecule has 4 heteroatoms. The van der Waals surface area contributed by atoms with Crippen molar-refractivity contribution in [1.82, 2.24) is 0 Å². The van der Waals surface area contributed by atoms with Gasteiger partial charge >= 0.3 is 0 Å². The van der Waals surface area contributed by atoms with Crippen LogP contribution in [0.25, 0.3) is 0 Å². The molecule has 4 nitrogen and oxygen atoms in total. The summed E-state index contributed by atoms with van der Waals surface area (Å²) in [6.45, 7) is 2.29. The second kappa shape index (κ2) is 6.73. The summed E-state index contributed by atoms with van der Waals surface area (Å²) in [6, 6.07) is 5.87. The SMILES string of the molecule is COCCOCCOc1ccc2c(c1)CC[C@H]2O. The Morgan fingerprint density at radius 3 is 2.89 bits per heavy atom. The van der Waals surface area contributed by atoms with Gasteiger partial charge in [0.05, 0.1) is 25.9 Å². The van der Waals surface area contributed by atoms with Crippen molar-refractivity contribution in [2.24, 2.45) is 0 Å². The first-order valence-corrected chi connectivity index (χ1v) is 6.31. The molecule has 0 aromatic heterocycles. The van der Waals surface area contributed by atoms with E-state index in [1.165, 1.54) is 5.56 Å². The number of aliphatic hydroxyl groups is 1. The largest absolute Gasteiger partial charge is 0.491 e. The Labute approximate surface area is 107 Å². The molecule has 0 radical (unpaired) electrons. The minimum atomic E-state index is -0.300. The zero-order chi connectivity index (χ0) is 12.8. The molecular formula is C14H20O4. The first-order chi connectivity index (χ1) is 8.81. The molecule has 0 bridgehead atoms. The number of fused-ring (bicyclic) bond motifs is 1. The second-order valence-electron chi connectivity index (χ2n) is 4.37. The number of rotatable bonds is 7. The van der Waals surface area contributed by atoms with Crippen molar-refractivity contribution in [2.45, 2.75) is 18.9 Å². The summed E-state index contributed by atoms with van der Waals surface area (Å²) in [5, 5.41) is 9.70. The average Bonchev–Trinajstić information content (AvgIpc) is 2.75. The van der Waals surface area contributed by atoms with E-state index in [-0.39, 0.29) is 6.10 Å². The van der Waals surface area contributed by atoms with Gasteiger partial charge in [-0.05, 0) is 36.1 Å². The lowest BCUT2D eigenvalue weighted by Crippen LogP contribution is -2.10. The van der Waals surface area contributed by atoms with E-state index in [4.69, 9.17) is 14.2 Å². The van der Waals surface area contributed by atoms with Gasteiger partial charge in [-0.2, -0.15) is 0 Å². The summed E-state index contributed by atoms with van der Waals surface area (Å²) >= 11 is 0. The van der Waals surface area contributed by atoms with Gasteiger partial charge in [0.1, 0.15) is 12.4 Å². The summed E-state index contributed by atoms with van der Waals surface area (Å²) < 4.78 is 15.8. The normalized spacial score (nSPS) is 17.8. The molecule has 1 N–H and O–H groups in total. The highest BCUT2D eigenvalue weighted by Crippen LogP contribution is 2.33. The van der Waals surface area contributed by atoms with Gasteiger partial charge < -0.3 is 19.3 Å². The summed E-state index contributed by atoms with van der Waals surface area (Å²) in [6.07, 6.45) is 1.45. The minimum Gasteiger partial charge on any atom is -0.491 e. The molecule has 0 saturated heterocycles. The highest BCUT2D eigenvalue weighted by atomic mass is 16.5. The van der Waals surface area contributed by atoms with E-state index in [0.29, 0.717) is 26.4 Å². The van der Waals surface area contributed by atoms with Crippen LogP contribution in [-0.2, 0) is 15.9 Å². The van der Waals surface area contributed by atoms with Crippen LogP contribution in [0.4, 0.5) is 0 Å². The predicted octanol–water partition coefficient (Wildman–Crippen LogP) is 1.71. The van der Waals surface area contributed by atoms with Crippen LogP contribution in [-0.4, -0.2) is 38.6 Å². The van der Waals surface area contributed by atoms with Crippen LogP contribution in [0.1, 0.15) is 23.7 Å². The Morgan fingerprint density at radius 1 is 1.22 bits per heavy atom. The smallest absolute Gasteiger partial charge is 0.119 e. The van der Waals surface area contributed by atoms with Gasteiger partial charge in [0.25, 0.3) is 0 Å². The van der Waals surface area contributed by atoms with Gasteiger partial charge in [-0.1, -0.05) is 6.07 Å². The summed E-state index contributed by atoms with van der Waals surface area (Å²) in [5.41, 5.74) is 2.24. The van der Waals surface area contributed by atoms with Crippen LogP contribution in [0.15, 0.2) is 18.2 Å². The van der Waals surface area contributed by atoms with Crippen molar-refractivity contribution in [3.8, 4) is 5.75 Å². The molecule has 1 aliphatic carbocycles. The summed E-state index contributed by atoms with van der Waals surface area (Å²) in [4.78, 5) is 0. The van der Waals surface area contributed by atoms with E-state index in [2.05, 4.69) is 0 Å². The summed E-state index contributed by atoms with van der Waals surface area (Å²) in [7, 11) is 1.65. The quantitative estimate of drug-likeness (QED) is 0.750. The van der Waals surface area contributed by atoms with Crippen LogP contribution in [0, 0.1) is 0 Å². The predicted molar refractivity (Wildman–Crippen MR) is 67.9 cm³/mol. The molecule has 0 aliphatic heterocycles. The number of aliphatic hydroxyl groups excluding tert-OH is 1. The highest BCUT2D eigenvalue weighted by molar-refractivity contribution is 5.39. The van der Waals surface area contributed by atoms with E-state index in [1.807, 2.05) is 18.2 Å². The van der Waals surface area contributed by atoms with Crippen LogP contribution in [0.2, 0.25) is 0 Å². The zero-order valence-corrected chi connectivity index (χ0v) is 10.7. The van der Waals surface area contributed by atoms with Crippen LogP contribution in [0.3, 0.4) is 0 Å². The van der Waals surface area contributed by atoms with E-state index < -0.39 is 0 Å². The van der Waals surface area contributed by atoms with Gasteiger partial charge in [0.15, 0.2) is 0 Å². The average molecular weight is 252 g/mol. The molecule has 0 saturated carbocycles. The maximum atomic E-state index is 9.70. The molecule has 0 unspecified atom stereocenters. The topological polar surface area (TPSA) is 47.9 Å². The van der Waals surface area contributed by atoms with E-state index >= 15 is 0 Å². The van der Waals surface area contributed by atoms with Gasteiger partial charge in [-0.25, -0.2) is 0 Å². The first kappa shape index (κ1) is 13.3. The lowest BCUT2D eigenvalue weighted by atomic mass is 10.1. The Morgan fingerprint density at radius 2 is 2.06 bits per heavy atom. The Hall–Kier alpha value is -1.10. The third-order valence-corrected chi connectivity index (χ3v) is 3.09. The van der Waals surface area contributed by atoms with Gasteiger partial charge in [0.2, 0.25) is 0 Å². The Kier molecular flexibility index (Phi) is 4.99. The standard InChI is InChI=1S/C14H20O4/c1-16-6-7-17-8-9-18-12-3-4-13-11(10-12)2-5-14(13)15/h3-4,10,14-15H,2,5-9H2,1H3/t14-/m1/s1. The molecule has 100 valence electrons. The molecule has 0 amide bonds. The number of ether oxygens (including phenoxy) is 3. The van der Waals surface area contributed by atoms with E-state index in [1.54, 1.807) is 7.11 Å². The molecule has 18 heavy (non-hydrogen) atoms. The van der Waals surface area contributed by atoms with Gasteiger partial charge in [-0.15, -0.1) is 0 Å². The van der Waals surface area contributed by atoms with Crippen molar-refractivity contribution in [1.29, 1.82) is 0 Å². The van der Waals surface area contributed by atoms with Gasteiger partial charge in [-0.3, -0.25) is 0 Å². The number of benzene rings is 1.